The first-order valence-corrected chi connectivity index (χ1v) is 10.2. The molecule has 2 heteroatoms. The first kappa shape index (κ1) is 20.2. The summed E-state index contributed by atoms with van der Waals surface area (Å²) in [7, 11) is 0. The first-order valence-electron chi connectivity index (χ1n) is 10.2. The summed E-state index contributed by atoms with van der Waals surface area (Å²) >= 11 is 0. The Morgan fingerprint density at radius 1 is 0.731 bits per heavy atom. The number of aryl methyl sites for hydroxylation is 1. The Kier molecular flexibility index (Phi) is 9.56. The van der Waals surface area contributed by atoms with Crippen LogP contribution in [0.4, 0.5) is 0 Å². The van der Waals surface area contributed by atoms with Crippen molar-refractivity contribution in [2.24, 2.45) is 0 Å². The smallest absolute Gasteiger partial charge is 0.343 e. The lowest BCUT2D eigenvalue weighted by Crippen LogP contribution is -2.08. The van der Waals surface area contributed by atoms with Crippen molar-refractivity contribution in [3.8, 4) is 5.75 Å². The van der Waals surface area contributed by atoms with Crippen LogP contribution in [0.5, 0.6) is 5.75 Å². The highest BCUT2D eigenvalue weighted by molar-refractivity contribution is 5.90. The molecule has 0 aliphatic heterocycles. The molecular formula is C24H32O2. The lowest BCUT2D eigenvalue weighted by atomic mass is 10.0. The molecule has 2 aromatic carbocycles. The zero-order valence-corrected chi connectivity index (χ0v) is 16.1. The van der Waals surface area contributed by atoms with E-state index < -0.39 is 0 Å². The second kappa shape index (κ2) is 12.3. The molecule has 0 amide bonds. The second-order valence-corrected chi connectivity index (χ2v) is 6.98. The predicted molar refractivity (Wildman–Crippen MR) is 109 cm³/mol. The lowest BCUT2D eigenvalue weighted by Gasteiger charge is -2.06. The van der Waals surface area contributed by atoms with Crippen LogP contribution in [0.1, 0.15) is 80.6 Å². The Bertz CT molecular complexity index is 616. The van der Waals surface area contributed by atoms with Gasteiger partial charge in [0.25, 0.3) is 0 Å². The van der Waals surface area contributed by atoms with Gasteiger partial charge in [-0.2, -0.15) is 0 Å². The molecule has 0 radical (unpaired) electrons. The van der Waals surface area contributed by atoms with Crippen LogP contribution in [0.15, 0.2) is 54.6 Å². The third-order valence-electron chi connectivity index (χ3n) is 4.71. The molecule has 0 saturated carbocycles. The topological polar surface area (TPSA) is 26.3 Å². The van der Waals surface area contributed by atoms with E-state index in [9.17, 15) is 4.79 Å². The molecule has 0 bridgehead atoms. The van der Waals surface area contributed by atoms with Gasteiger partial charge in [0.15, 0.2) is 0 Å². The van der Waals surface area contributed by atoms with Gasteiger partial charge in [0.2, 0.25) is 0 Å². The van der Waals surface area contributed by atoms with Crippen LogP contribution in [0.3, 0.4) is 0 Å². The number of carbonyl (C=O) groups excluding carboxylic acids is 1. The molecule has 0 spiro atoms. The molecule has 0 aliphatic rings. The molecule has 0 N–H and O–H groups in total. The van der Waals surface area contributed by atoms with Gasteiger partial charge in [-0.3, -0.25) is 0 Å². The second-order valence-electron chi connectivity index (χ2n) is 6.98. The number of rotatable bonds is 12. The lowest BCUT2D eigenvalue weighted by molar-refractivity contribution is 0.0734. The summed E-state index contributed by atoms with van der Waals surface area (Å²) in [4.78, 5) is 12.0. The third kappa shape index (κ3) is 7.86. The number of unbranched alkanes of at least 4 members (excludes halogenated alkanes) is 8. The fraction of sp³-hybridized carbons (Fsp3) is 0.458. The van der Waals surface area contributed by atoms with E-state index in [2.05, 4.69) is 19.1 Å². The molecule has 0 atom stereocenters. The molecule has 0 saturated heterocycles. The van der Waals surface area contributed by atoms with Crippen LogP contribution in [0.2, 0.25) is 0 Å². The fourth-order valence-electron chi connectivity index (χ4n) is 3.10. The molecule has 2 aromatic rings. The summed E-state index contributed by atoms with van der Waals surface area (Å²) in [5.41, 5.74) is 1.89. The van der Waals surface area contributed by atoms with Crippen molar-refractivity contribution < 1.29 is 9.53 Å². The van der Waals surface area contributed by atoms with Gasteiger partial charge in [0, 0.05) is 0 Å². The van der Waals surface area contributed by atoms with Crippen LogP contribution in [0.25, 0.3) is 0 Å². The Labute approximate surface area is 158 Å². The van der Waals surface area contributed by atoms with Crippen LogP contribution in [0, 0.1) is 0 Å². The van der Waals surface area contributed by atoms with Gasteiger partial charge in [-0.25, -0.2) is 4.79 Å². The van der Waals surface area contributed by atoms with Gasteiger partial charge in [0.1, 0.15) is 5.75 Å². The van der Waals surface area contributed by atoms with E-state index in [1.165, 1.54) is 63.4 Å². The maximum atomic E-state index is 12.0. The van der Waals surface area contributed by atoms with E-state index in [4.69, 9.17) is 4.74 Å². The molecule has 0 fully saturated rings. The molecule has 140 valence electrons. The Morgan fingerprint density at radius 3 is 1.92 bits per heavy atom. The van der Waals surface area contributed by atoms with Crippen molar-refractivity contribution in [1.29, 1.82) is 0 Å². The van der Waals surface area contributed by atoms with Crippen LogP contribution < -0.4 is 4.74 Å². The summed E-state index contributed by atoms with van der Waals surface area (Å²) in [5, 5.41) is 0. The fourth-order valence-corrected chi connectivity index (χ4v) is 3.10. The van der Waals surface area contributed by atoms with E-state index in [1.807, 2.05) is 30.3 Å². The van der Waals surface area contributed by atoms with Crippen molar-refractivity contribution in [3.05, 3.63) is 65.7 Å². The van der Waals surface area contributed by atoms with Crippen molar-refractivity contribution >= 4 is 5.97 Å². The summed E-state index contributed by atoms with van der Waals surface area (Å²) in [5.74, 6) is 0.298. The predicted octanol–water partition coefficient (Wildman–Crippen LogP) is 6.98. The van der Waals surface area contributed by atoms with E-state index in [-0.39, 0.29) is 5.97 Å². The normalized spacial score (nSPS) is 10.7. The minimum absolute atomic E-state index is 0.308. The number of benzene rings is 2. The number of esters is 1. The largest absolute Gasteiger partial charge is 0.423 e. The molecule has 0 heterocycles. The third-order valence-corrected chi connectivity index (χ3v) is 4.71. The molecule has 0 unspecified atom stereocenters. The Morgan fingerprint density at radius 2 is 1.31 bits per heavy atom. The standard InChI is InChI=1S/C24H32O2/c1-2-3-4-5-6-7-8-9-11-14-21-17-19-23(20-18-21)26-24(25)22-15-12-10-13-16-22/h10,12-13,15-20H,2-9,11,14H2,1H3. The maximum absolute atomic E-state index is 12.0. The summed E-state index contributed by atoms with van der Waals surface area (Å²) in [6.07, 6.45) is 13.3. The van der Waals surface area contributed by atoms with Gasteiger partial charge >= 0.3 is 5.97 Å². The van der Waals surface area contributed by atoms with Gasteiger partial charge in [-0.05, 0) is 42.7 Å². The molecule has 0 aromatic heterocycles. The summed E-state index contributed by atoms with van der Waals surface area (Å²) in [6, 6.07) is 17.0. The monoisotopic (exact) mass is 352 g/mol. The Hall–Kier alpha value is -2.09. The minimum Gasteiger partial charge on any atom is -0.423 e. The van der Waals surface area contributed by atoms with E-state index in [0.717, 1.165) is 6.42 Å². The maximum Gasteiger partial charge on any atom is 0.343 e. The van der Waals surface area contributed by atoms with Gasteiger partial charge in [-0.1, -0.05) is 88.6 Å². The van der Waals surface area contributed by atoms with E-state index >= 15 is 0 Å². The average molecular weight is 353 g/mol. The van der Waals surface area contributed by atoms with Crippen LogP contribution in [-0.4, -0.2) is 5.97 Å². The van der Waals surface area contributed by atoms with Gasteiger partial charge < -0.3 is 4.74 Å². The zero-order chi connectivity index (χ0) is 18.5. The SMILES string of the molecule is CCCCCCCCCCCc1ccc(OC(=O)c2ccccc2)cc1. The minimum atomic E-state index is -0.308. The molecule has 2 nitrogen and oxygen atoms in total. The number of carbonyl (C=O) groups is 1. The average Bonchev–Trinajstić information content (AvgIpc) is 2.68. The molecule has 2 rings (SSSR count). The van der Waals surface area contributed by atoms with Crippen LogP contribution >= 0.6 is 0 Å². The summed E-state index contributed by atoms with van der Waals surface area (Å²) in [6.45, 7) is 2.26. The van der Waals surface area contributed by atoms with Gasteiger partial charge in [0.05, 0.1) is 5.56 Å². The number of hydrogen-bond donors (Lipinski definition) is 0. The van der Waals surface area contributed by atoms with Crippen molar-refractivity contribution in [2.75, 3.05) is 0 Å². The summed E-state index contributed by atoms with van der Waals surface area (Å²) < 4.78 is 5.41. The van der Waals surface area contributed by atoms with E-state index in [0.29, 0.717) is 11.3 Å². The zero-order valence-electron chi connectivity index (χ0n) is 16.1. The van der Waals surface area contributed by atoms with Crippen molar-refractivity contribution in [3.63, 3.8) is 0 Å². The quantitative estimate of drug-likeness (QED) is 0.234. The van der Waals surface area contributed by atoms with Gasteiger partial charge in [-0.15, -0.1) is 0 Å². The van der Waals surface area contributed by atoms with Crippen LogP contribution in [-0.2, 0) is 6.42 Å². The Balaban J connectivity index is 1.61. The molecule has 26 heavy (non-hydrogen) atoms. The van der Waals surface area contributed by atoms with Crippen molar-refractivity contribution in [1.82, 2.24) is 0 Å². The molecular weight excluding hydrogens is 320 g/mol. The highest BCUT2D eigenvalue weighted by atomic mass is 16.5. The number of ether oxygens (including phenoxy) is 1. The first-order chi connectivity index (χ1) is 12.8. The molecule has 0 aliphatic carbocycles. The number of hydrogen-bond acceptors (Lipinski definition) is 2. The highest BCUT2D eigenvalue weighted by Gasteiger charge is 2.07. The van der Waals surface area contributed by atoms with Crippen molar-refractivity contribution in [2.45, 2.75) is 71.1 Å². The van der Waals surface area contributed by atoms with E-state index in [1.54, 1.807) is 12.1 Å². The highest BCUT2D eigenvalue weighted by Crippen LogP contribution is 2.17.